The second kappa shape index (κ2) is 5.41. The molecule has 0 spiro atoms. The summed E-state index contributed by atoms with van der Waals surface area (Å²) in [6, 6.07) is 1.51. The molecular weight excluding hydrogens is 339 g/mol. The van der Waals surface area contributed by atoms with E-state index in [0.717, 1.165) is 30.8 Å². The van der Waals surface area contributed by atoms with Crippen LogP contribution in [0.15, 0.2) is 11.0 Å². The van der Waals surface area contributed by atoms with Gasteiger partial charge in [0.15, 0.2) is 0 Å². The number of halogens is 2. The number of fused-ring (bicyclic) bond motifs is 1. The van der Waals surface area contributed by atoms with Gasteiger partial charge in [0.2, 0.25) is 10.0 Å². The van der Waals surface area contributed by atoms with Gasteiger partial charge in [0.25, 0.3) is 0 Å². The van der Waals surface area contributed by atoms with Gasteiger partial charge < -0.3 is 5.32 Å². The summed E-state index contributed by atoms with van der Waals surface area (Å²) in [5, 5.41) is 3.35. The molecule has 1 aromatic heterocycles. The normalized spacial score (nSPS) is 30.9. The molecule has 3 rings (SSSR count). The molecule has 0 amide bonds. The maximum absolute atomic E-state index is 12.8. The van der Waals surface area contributed by atoms with Crippen molar-refractivity contribution in [3.63, 3.8) is 0 Å². The minimum absolute atomic E-state index is 0.0507. The zero-order chi connectivity index (χ0) is 14.5. The van der Waals surface area contributed by atoms with E-state index < -0.39 is 10.0 Å². The van der Waals surface area contributed by atoms with Crippen molar-refractivity contribution < 1.29 is 8.42 Å². The molecule has 0 saturated carbocycles. The third kappa shape index (κ3) is 2.30. The monoisotopic (exact) mass is 354 g/mol. The number of sulfonamides is 1. The fourth-order valence-electron chi connectivity index (χ4n) is 3.39. The summed E-state index contributed by atoms with van der Waals surface area (Å²) in [7, 11) is -3.55. The van der Waals surface area contributed by atoms with Crippen molar-refractivity contribution in [3.05, 3.63) is 14.7 Å². The average Bonchev–Trinajstić information content (AvgIpc) is 3.02. The van der Waals surface area contributed by atoms with Crippen molar-refractivity contribution in [2.24, 2.45) is 11.8 Å². The minimum atomic E-state index is -3.55. The number of nitrogens with zero attached hydrogens (tertiary/aromatic N) is 1. The van der Waals surface area contributed by atoms with Crippen LogP contribution in [-0.4, -0.2) is 38.4 Å². The Bertz CT molecular complexity index is 617. The van der Waals surface area contributed by atoms with Gasteiger partial charge in [0, 0.05) is 12.6 Å². The fraction of sp³-hybridized carbons (Fsp3) is 0.667. The molecule has 112 valence electrons. The molecule has 1 aromatic rings. The highest BCUT2D eigenvalue weighted by Gasteiger charge is 2.48. The predicted molar refractivity (Wildman–Crippen MR) is 82.2 cm³/mol. The number of hydrogen-bond donors (Lipinski definition) is 1. The molecule has 0 aliphatic carbocycles. The largest absolute Gasteiger partial charge is 0.316 e. The van der Waals surface area contributed by atoms with Crippen molar-refractivity contribution in [2.45, 2.75) is 24.3 Å². The SMILES string of the molecule is CCC1C2CNCC2CN1S(=O)(=O)c1cc(Cl)sc1Cl. The lowest BCUT2D eigenvalue weighted by molar-refractivity contribution is 0.329. The molecule has 2 aliphatic heterocycles. The molecular formula is C12H16Cl2N2O2S2. The Kier molecular flexibility index (Phi) is 4.07. The van der Waals surface area contributed by atoms with E-state index in [-0.39, 0.29) is 15.3 Å². The van der Waals surface area contributed by atoms with E-state index in [1.54, 1.807) is 4.31 Å². The zero-order valence-corrected chi connectivity index (χ0v) is 14.1. The quantitative estimate of drug-likeness (QED) is 0.907. The molecule has 0 aromatic carbocycles. The predicted octanol–water partition coefficient (Wildman–Crippen LogP) is 2.67. The third-order valence-corrected chi connectivity index (χ3v) is 7.94. The molecule has 2 saturated heterocycles. The first-order chi connectivity index (χ1) is 9.45. The first-order valence-electron chi connectivity index (χ1n) is 6.62. The summed E-state index contributed by atoms with van der Waals surface area (Å²) in [5.41, 5.74) is 0. The average molecular weight is 355 g/mol. The van der Waals surface area contributed by atoms with E-state index in [1.165, 1.54) is 6.07 Å². The maximum atomic E-state index is 12.8. The summed E-state index contributed by atoms with van der Waals surface area (Å²) >= 11 is 13.0. The van der Waals surface area contributed by atoms with Crippen LogP contribution in [-0.2, 0) is 10.0 Å². The van der Waals surface area contributed by atoms with Crippen molar-refractivity contribution in [2.75, 3.05) is 19.6 Å². The highest BCUT2D eigenvalue weighted by molar-refractivity contribution is 7.89. The number of rotatable bonds is 3. The van der Waals surface area contributed by atoms with Gasteiger partial charge in [-0.05, 0) is 37.4 Å². The third-order valence-electron chi connectivity index (χ3n) is 4.30. The fourth-order valence-corrected chi connectivity index (χ4v) is 7.31. The van der Waals surface area contributed by atoms with Crippen LogP contribution in [0.3, 0.4) is 0 Å². The van der Waals surface area contributed by atoms with Crippen LogP contribution >= 0.6 is 34.5 Å². The summed E-state index contributed by atoms with van der Waals surface area (Å²) in [6.45, 7) is 4.40. The van der Waals surface area contributed by atoms with E-state index in [9.17, 15) is 8.42 Å². The molecule has 1 N–H and O–H groups in total. The Labute approximate surface area is 133 Å². The topological polar surface area (TPSA) is 49.4 Å². The molecule has 3 heterocycles. The summed E-state index contributed by atoms with van der Waals surface area (Å²) < 4.78 is 28.0. The molecule has 2 fully saturated rings. The van der Waals surface area contributed by atoms with E-state index in [0.29, 0.717) is 22.7 Å². The van der Waals surface area contributed by atoms with Gasteiger partial charge in [-0.3, -0.25) is 0 Å². The lowest BCUT2D eigenvalue weighted by Gasteiger charge is -2.25. The van der Waals surface area contributed by atoms with Gasteiger partial charge in [-0.15, -0.1) is 11.3 Å². The minimum Gasteiger partial charge on any atom is -0.316 e. The van der Waals surface area contributed by atoms with E-state index in [1.807, 2.05) is 6.92 Å². The summed E-state index contributed by atoms with van der Waals surface area (Å²) in [5.74, 6) is 0.810. The Balaban J connectivity index is 1.97. The standard InChI is InChI=1S/C12H16Cl2N2O2S2/c1-2-9-8-5-15-4-7(8)6-16(9)20(17,18)10-3-11(13)19-12(10)14/h3,7-9,15H,2,4-6H2,1H3. The van der Waals surface area contributed by atoms with Gasteiger partial charge in [-0.25, -0.2) is 8.42 Å². The molecule has 20 heavy (non-hydrogen) atoms. The first kappa shape index (κ1) is 15.1. The molecule has 0 bridgehead atoms. The summed E-state index contributed by atoms with van der Waals surface area (Å²) in [6.07, 6.45) is 0.817. The summed E-state index contributed by atoms with van der Waals surface area (Å²) in [4.78, 5) is 0.153. The van der Waals surface area contributed by atoms with Crippen LogP contribution in [0.2, 0.25) is 8.67 Å². The van der Waals surface area contributed by atoms with E-state index in [4.69, 9.17) is 23.2 Å². The number of thiophene rings is 1. The van der Waals surface area contributed by atoms with Crippen molar-refractivity contribution in [3.8, 4) is 0 Å². The van der Waals surface area contributed by atoms with Crippen LogP contribution in [0.4, 0.5) is 0 Å². The zero-order valence-electron chi connectivity index (χ0n) is 11.0. The van der Waals surface area contributed by atoms with Gasteiger partial charge >= 0.3 is 0 Å². The highest BCUT2D eigenvalue weighted by atomic mass is 35.5. The lowest BCUT2D eigenvalue weighted by Crippen LogP contribution is -2.39. The van der Waals surface area contributed by atoms with Gasteiger partial charge in [-0.2, -0.15) is 4.31 Å². The van der Waals surface area contributed by atoms with Crippen molar-refractivity contribution in [1.29, 1.82) is 0 Å². The molecule has 0 radical (unpaired) electrons. The molecule has 4 nitrogen and oxygen atoms in total. The van der Waals surface area contributed by atoms with Gasteiger partial charge in [-0.1, -0.05) is 30.1 Å². The molecule has 8 heteroatoms. The second-order valence-corrected chi connectivity index (χ2v) is 9.47. The van der Waals surface area contributed by atoms with E-state index >= 15 is 0 Å². The smallest absolute Gasteiger partial charge is 0.245 e. The molecule has 2 aliphatic rings. The Hall–Kier alpha value is 0.150. The van der Waals surface area contributed by atoms with Crippen molar-refractivity contribution >= 4 is 44.6 Å². The number of nitrogens with one attached hydrogen (secondary N) is 1. The molecule has 3 unspecified atom stereocenters. The van der Waals surface area contributed by atoms with Crippen LogP contribution in [0.1, 0.15) is 13.3 Å². The Morgan fingerprint density at radius 2 is 2.20 bits per heavy atom. The first-order valence-corrected chi connectivity index (χ1v) is 9.63. The molecule has 3 atom stereocenters. The lowest BCUT2D eigenvalue weighted by atomic mass is 9.93. The Morgan fingerprint density at radius 3 is 2.80 bits per heavy atom. The van der Waals surface area contributed by atoms with Crippen LogP contribution < -0.4 is 5.32 Å². The van der Waals surface area contributed by atoms with Gasteiger partial charge in [0.05, 0.1) is 4.34 Å². The van der Waals surface area contributed by atoms with Crippen molar-refractivity contribution in [1.82, 2.24) is 9.62 Å². The second-order valence-electron chi connectivity index (χ2n) is 5.32. The van der Waals surface area contributed by atoms with E-state index in [2.05, 4.69) is 5.32 Å². The highest BCUT2D eigenvalue weighted by Crippen LogP contribution is 2.41. The van der Waals surface area contributed by atoms with Crippen LogP contribution in [0, 0.1) is 11.8 Å². The van der Waals surface area contributed by atoms with Gasteiger partial charge in [0.1, 0.15) is 9.23 Å². The van der Waals surface area contributed by atoms with Crippen LogP contribution in [0.5, 0.6) is 0 Å². The maximum Gasteiger partial charge on any atom is 0.245 e. The van der Waals surface area contributed by atoms with Crippen LogP contribution in [0.25, 0.3) is 0 Å². The number of hydrogen-bond acceptors (Lipinski definition) is 4. The Morgan fingerprint density at radius 1 is 1.45 bits per heavy atom.